The van der Waals surface area contributed by atoms with E-state index in [1.54, 1.807) is 23.1 Å². The minimum absolute atomic E-state index is 0.223. The third-order valence-electron chi connectivity index (χ3n) is 3.00. The van der Waals surface area contributed by atoms with Crippen molar-refractivity contribution in [2.24, 2.45) is 4.99 Å². The SMILES string of the molecule is CC(NC1=NC(c2ccccc2)CS1)c1nccs1. The predicted octanol–water partition coefficient (Wildman–Crippen LogP) is 3.64. The van der Waals surface area contributed by atoms with Gasteiger partial charge in [-0.3, -0.25) is 4.99 Å². The molecule has 1 N–H and O–H groups in total. The van der Waals surface area contributed by atoms with Gasteiger partial charge in [0.2, 0.25) is 0 Å². The zero-order chi connectivity index (χ0) is 13.1. The first-order valence-corrected chi connectivity index (χ1v) is 8.11. The molecule has 0 amide bonds. The molecule has 5 heteroatoms. The molecule has 1 aliphatic rings. The molecule has 3 nitrogen and oxygen atoms in total. The smallest absolute Gasteiger partial charge is 0.157 e. The number of aromatic nitrogens is 1. The van der Waals surface area contributed by atoms with Gasteiger partial charge in [0.05, 0.1) is 12.1 Å². The van der Waals surface area contributed by atoms with Crippen molar-refractivity contribution in [1.29, 1.82) is 0 Å². The van der Waals surface area contributed by atoms with Crippen molar-refractivity contribution in [2.45, 2.75) is 19.0 Å². The first-order chi connectivity index (χ1) is 9.33. The van der Waals surface area contributed by atoms with Crippen LogP contribution < -0.4 is 5.32 Å². The van der Waals surface area contributed by atoms with Gasteiger partial charge in [0.15, 0.2) is 5.17 Å². The van der Waals surface area contributed by atoms with Crippen LogP contribution in [0.5, 0.6) is 0 Å². The highest BCUT2D eigenvalue weighted by Gasteiger charge is 2.21. The van der Waals surface area contributed by atoms with Crippen molar-refractivity contribution < 1.29 is 0 Å². The maximum atomic E-state index is 4.75. The van der Waals surface area contributed by atoms with E-state index in [1.807, 2.05) is 17.6 Å². The predicted molar refractivity (Wildman–Crippen MR) is 82.7 cm³/mol. The summed E-state index contributed by atoms with van der Waals surface area (Å²) in [5, 5.41) is 7.57. The van der Waals surface area contributed by atoms with E-state index < -0.39 is 0 Å². The lowest BCUT2D eigenvalue weighted by Crippen LogP contribution is -2.22. The molecule has 0 saturated heterocycles. The molecule has 0 saturated carbocycles. The highest BCUT2D eigenvalue weighted by molar-refractivity contribution is 8.14. The molecule has 0 fully saturated rings. The van der Waals surface area contributed by atoms with E-state index in [9.17, 15) is 0 Å². The summed E-state index contributed by atoms with van der Waals surface area (Å²) in [7, 11) is 0. The Labute approximate surface area is 121 Å². The summed E-state index contributed by atoms with van der Waals surface area (Å²) in [5.41, 5.74) is 1.29. The Bertz CT molecular complexity index is 551. The van der Waals surface area contributed by atoms with Crippen molar-refractivity contribution >= 4 is 28.3 Å². The van der Waals surface area contributed by atoms with Gasteiger partial charge < -0.3 is 5.32 Å². The molecule has 3 rings (SSSR count). The van der Waals surface area contributed by atoms with Gasteiger partial charge in [-0.25, -0.2) is 4.98 Å². The normalized spacial score (nSPS) is 20.1. The molecular weight excluding hydrogens is 274 g/mol. The van der Waals surface area contributed by atoms with Gasteiger partial charge in [-0.1, -0.05) is 42.1 Å². The summed E-state index contributed by atoms with van der Waals surface area (Å²) in [6.07, 6.45) is 1.84. The fourth-order valence-electron chi connectivity index (χ4n) is 1.99. The van der Waals surface area contributed by atoms with Gasteiger partial charge in [-0.15, -0.1) is 11.3 Å². The second-order valence-corrected chi connectivity index (χ2v) is 6.34. The van der Waals surface area contributed by atoms with E-state index in [0.29, 0.717) is 0 Å². The second kappa shape index (κ2) is 5.75. The lowest BCUT2D eigenvalue weighted by atomic mass is 10.1. The monoisotopic (exact) mass is 289 g/mol. The maximum Gasteiger partial charge on any atom is 0.157 e. The van der Waals surface area contributed by atoms with E-state index in [-0.39, 0.29) is 12.1 Å². The molecule has 0 radical (unpaired) electrons. The van der Waals surface area contributed by atoms with Gasteiger partial charge in [0.1, 0.15) is 5.01 Å². The van der Waals surface area contributed by atoms with E-state index in [0.717, 1.165) is 15.9 Å². The molecule has 1 aliphatic heterocycles. The number of rotatable bonds is 3. The highest BCUT2D eigenvalue weighted by Crippen LogP contribution is 2.30. The lowest BCUT2D eigenvalue weighted by molar-refractivity contribution is 0.711. The first kappa shape index (κ1) is 12.7. The molecule has 1 aromatic carbocycles. The number of amidine groups is 1. The third-order valence-corrected chi connectivity index (χ3v) is 4.93. The molecule has 98 valence electrons. The van der Waals surface area contributed by atoms with Crippen LogP contribution >= 0.6 is 23.1 Å². The van der Waals surface area contributed by atoms with Crippen molar-refractivity contribution in [2.75, 3.05) is 5.75 Å². The molecule has 0 aliphatic carbocycles. The fourth-order valence-corrected chi connectivity index (χ4v) is 3.68. The molecular formula is C14H15N3S2. The van der Waals surface area contributed by atoms with Crippen LogP contribution in [0.3, 0.4) is 0 Å². The van der Waals surface area contributed by atoms with Crippen LogP contribution in [-0.2, 0) is 0 Å². The van der Waals surface area contributed by atoms with Gasteiger partial charge in [-0.05, 0) is 12.5 Å². The number of thioether (sulfide) groups is 1. The van der Waals surface area contributed by atoms with Gasteiger partial charge in [0.25, 0.3) is 0 Å². The molecule has 2 atom stereocenters. The highest BCUT2D eigenvalue weighted by atomic mass is 32.2. The van der Waals surface area contributed by atoms with Crippen LogP contribution in [0, 0.1) is 0 Å². The molecule has 2 unspecified atom stereocenters. The molecule has 0 spiro atoms. The topological polar surface area (TPSA) is 37.3 Å². The molecule has 2 heterocycles. The summed E-state index contributed by atoms with van der Waals surface area (Å²) in [6.45, 7) is 2.12. The lowest BCUT2D eigenvalue weighted by Gasteiger charge is -2.11. The van der Waals surface area contributed by atoms with Crippen LogP contribution in [0.1, 0.15) is 29.6 Å². The largest absolute Gasteiger partial charge is 0.356 e. The number of nitrogens with one attached hydrogen (secondary N) is 1. The molecule has 1 aromatic heterocycles. The zero-order valence-electron chi connectivity index (χ0n) is 10.6. The minimum atomic E-state index is 0.223. The minimum Gasteiger partial charge on any atom is -0.356 e. The van der Waals surface area contributed by atoms with Crippen molar-refractivity contribution in [1.82, 2.24) is 10.3 Å². The zero-order valence-corrected chi connectivity index (χ0v) is 12.2. The summed E-state index contributed by atoms with van der Waals surface area (Å²) in [6, 6.07) is 11.0. The summed E-state index contributed by atoms with van der Waals surface area (Å²) in [4.78, 5) is 9.08. The van der Waals surface area contributed by atoms with E-state index in [1.165, 1.54) is 5.56 Å². The van der Waals surface area contributed by atoms with E-state index in [4.69, 9.17) is 4.99 Å². The number of nitrogens with zero attached hydrogens (tertiary/aromatic N) is 2. The Balaban J connectivity index is 1.67. The molecule has 2 aromatic rings. The van der Waals surface area contributed by atoms with E-state index >= 15 is 0 Å². The van der Waals surface area contributed by atoms with Crippen LogP contribution in [0.4, 0.5) is 0 Å². The van der Waals surface area contributed by atoms with Crippen LogP contribution in [-0.4, -0.2) is 15.9 Å². The fraction of sp³-hybridized carbons (Fsp3) is 0.286. The van der Waals surface area contributed by atoms with E-state index in [2.05, 4.69) is 41.5 Å². The second-order valence-electron chi connectivity index (χ2n) is 4.41. The third kappa shape index (κ3) is 2.98. The maximum absolute atomic E-state index is 4.75. The average Bonchev–Trinajstić information content (AvgIpc) is 3.11. The summed E-state index contributed by atoms with van der Waals surface area (Å²) >= 11 is 3.46. The van der Waals surface area contributed by atoms with Gasteiger partial charge >= 0.3 is 0 Å². The number of hydrogen-bond acceptors (Lipinski definition) is 5. The average molecular weight is 289 g/mol. The van der Waals surface area contributed by atoms with Crippen molar-refractivity contribution in [3.8, 4) is 0 Å². The van der Waals surface area contributed by atoms with Crippen molar-refractivity contribution in [3.05, 3.63) is 52.5 Å². The first-order valence-electron chi connectivity index (χ1n) is 6.24. The number of hydrogen-bond donors (Lipinski definition) is 1. The van der Waals surface area contributed by atoms with Crippen LogP contribution in [0.25, 0.3) is 0 Å². The Kier molecular flexibility index (Phi) is 3.84. The number of aliphatic imine (C=N–C) groups is 1. The van der Waals surface area contributed by atoms with Crippen molar-refractivity contribution in [3.63, 3.8) is 0 Å². The summed E-state index contributed by atoms with van der Waals surface area (Å²) in [5.74, 6) is 1.01. The Hall–Kier alpha value is -1.33. The van der Waals surface area contributed by atoms with Crippen LogP contribution in [0.2, 0.25) is 0 Å². The molecule has 19 heavy (non-hydrogen) atoms. The number of thiazole rings is 1. The Morgan fingerprint density at radius 1 is 1.32 bits per heavy atom. The van der Waals surface area contributed by atoms with Gasteiger partial charge in [0, 0.05) is 17.3 Å². The Morgan fingerprint density at radius 2 is 2.16 bits per heavy atom. The summed E-state index contributed by atoms with van der Waals surface area (Å²) < 4.78 is 0. The Morgan fingerprint density at radius 3 is 2.89 bits per heavy atom. The standard InChI is InChI=1S/C14H15N3S2/c1-10(13-15-7-8-18-13)16-14-17-12(9-19-14)11-5-3-2-4-6-11/h2-8,10,12H,9H2,1H3,(H,16,17). The molecule has 0 bridgehead atoms. The number of benzene rings is 1. The quantitative estimate of drug-likeness (QED) is 0.937. The van der Waals surface area contributed by atoms with Gasteiger partial charge in [-0.2, -0.15) is 0 Å². The van der Waals surface area contributed by atoms with Crippen LogP contribution in [0.15, 0.2) is 46.9 Å².